The first-order chi connectivity index (χ1) is 6.24. The van der Waals surface area contributed by atoms with Gasteiger partial charge in [-0.05, 0) is 18.2 Å². The van der Waals surface area contributed by atoms with Crippen LogP contribution in [-0.2, 0) is 0 Å². The highest BCUT2D eigenvalue weighted by Crippen LogP contribution is 2.18. The number of hydrogen-bond acceptors (Lipinski definition) is 2. The highest BCUT2D eigenvalue weighted by molar-refractivity contribution is 9.10. The van der Waals surface area contributed by atoms with Gasteiger partial charge in [-0.25, -0.2) is 0 Å². The van der Waals surface area contributed by atoms with E-state index in [1.54, 1.807) is 5.01 Å². The van der Waals surface area contributed by atoms with E-state index in [9.17, 15) is 0 Å². The summed E-state index contributed by atoms with van der Waals surface area (Å²) in [6, 6.07) is 7.83. The van der Waals surface area contributed by atoms with Crippen molar-refractivity contribution < 1.29 is 0 Å². The molecule has 0 bridgehead atoms. The van der Waals surface area contributed by atoms with Gasteiger partial charge in [0.25, 0.3) is 0 Å². The van der Waals surface area contributed by atoms with Crippen LogP contribution >= 0.6 is 15.9 Å². The first-order valence-corrected chi connectivity index (χ1v) is 4.51. The van der Waals surface area contributed by atoms with Gasteiger partial charge in [-0.1, -0.05) is 27.9 Å². The van der Waals surface area contributed by atoms with Crippen LogP contribution in [0.15, 0.2) is 33.8 Å². The predicted molar refractivity (Wildman–Crippen MR) is 59.9 cm³/mol. The molecule has 13 heavy (non-hydrogen) atoms. The quantitative estimate of drug-likeness (QED) is 0.438. The van der Waals surface area contributed by atoms with Crippen LogP contribution in [-0.4, -0.2) is 13.3 Å². The van der Waals surface area contributed by atoms with Crippen molar-refractivity contribution in [2.45, 2.75) is 0 Å². The Bertz CT molecular complexity index is 352. The Morgan fingerprint density at radius 3 is 3.00 bits per heavy atom. The number of rotatable bonds is 2. The molecule has 66 valence electrons. The molecule has 0 aliphatic carbocycles. The molecular weight excluding hydrogens is 228 g/mol. The summed E-state index contributed by atoms with van der Waals surface area (Å²) in [7, 11) is 1.84. The molecule has 0 atom stereocenters. The molecule has 1 aromatic rings. The van der Waals surface area contributed by atoms with Gasteiger partial charge < -0.3 is 0 Å². The number of halogens is 1. The third-order valence-corrected chi connectivity index (χ3v) is 1.98. The van der Waals surface area contributed by atoms with Crippen LogP contribution in [0.1, 0.15) is 0 Å². The normalized spacial score (nSPS) is 9.92. The maximum absolute atomic E-state index is 5.05. The number of benzene rings is 1. The van der Waals surface area contributed by atoms with Gasteiger partial charge in [-0.2, -0.15) is 5.10 Å². The molecule has 0 amide bonds. The lowest BCUT2D eigenvalue weighted by Crippen LogP contribution is -2.07. The summed E-state index contributed by atoms with van der Waals surface area (Å²) in [6.07, 6.45) is 6.47. The highest BCUT2D eigenvalue weighted by Gasteiger charge is 1.96. The van der Waals surface area contributed by atoms with Crippen molar-refractivity contribution in [3.8, 4) is 12.3 Å². The Kier molecular flexibility index (Phi) is 3.53. The van der Waals surface area contributed by atoms with Gasteiger partial charge in [-0.3, -0.25) is 5.01 Å². The van der Waals surface area contributed by atoms with Gasteiger partial charge in [0.2, 0.25) is 0 Å². The van der Waals surface area contributed by atoms with E-state index in [2.05, 4.69) is 27.0 Å². The smallest absolute Gasteiger partial charge is 0.0969 e. The van der Waals surface area contributed by atoms with Crippen LogP contribution in [0.4, 0.5) is 5.69 Å². The van der Waals surface area contributed by atoms with E-state index in [0.29, 0.717) is 0 Å². The molecule has 0 aromatic heterocycles. The van der Waals surface area contributed by atoms with Gasteiger partial charge in [0.1, 0.15) is 0 Å². The summed E-state index contributed by atoms with van der Waals surface area (Å²) < 4.78 is 1.02. The van der Waals surface area contributed by atoms with Crippen molar-refractivity contribution in [1.29, 1.82) is 0 Å². The molecule has 0 fully saturated rings. The zero-order chi connectivity index (χ0) is 9.68. The zero-order valence-electron chi connectivity index (χ0n) is 7.24. The minimum atomic E-state index is 0.987. The monoisotopic (exact) mass is 236 g/mol. The SMILES string of the molecule is C#C/C=N\N(C)c1cccc(Br)c1. The molecule has 3 heteroatoms. The summed E-state index contributed by atoms with van der Waals surface area (Å²) in [5.74, 6) is 2.34. The second kappa shape index (κ2) is 4.68. The molecule has 0 spiro atoms. The fourth-order valence-electron chi connectivity index (χ4n) is 0.864. The van der Waals surface area contributed by atoms with E-state index >= 15 is 0 Å². The lowest BCUT2D eigenvalue weighted by Gasteiger charge is -2.11. The Labute approximate surface area is 86.4 Å². The topological polar surface area (TPSA) is 15.6 Å². The molecule has 1 rings (SSSR count). The van der Waals surface area contributed by atoms with Crippen molar-refractivity contribution in [3.05, 3.63) is 28.7 Å². The number of nitrogens with zero attached hydrogens (tertiary/aromatic N) is 2. The van der Waals surface area contributed by atoms with Crippen LogP contribution in [0.5, 0.6) is 0 Å². The number of hydrogen-bond donors (Lipinski definition) is 0. The van der Waals surface area contributed by atoms with Gasteiger partial charge in [0, 0.05) is 11.5 Å². The summed E-state index contributed by atoms with van der Waals surface area (Å²) in [5.41, 5.74) is 0.987. The molecule has 1 aromatic carbocycles. The molecule has 0 aliphatic heterocycles. The van der Waals surface area contributed by atoms with Crippen LogP contribution in [0.25, 0.3) is 0 Å². The Morgan fingerprint density at radius 2 is 2.38 bits per heavy atom. The van der Waals surface area contributed by atoms with E-state index in [0.717, 1.165) is 10.2 Å². The van der Waals surface area contributed by atoms with Gasteiger partial charge in [0.05, 0.1) is 11.9 Å². The summed E-state index contributed by atoms with van der Waals surface area (Å²) >= 11 is 3.38. The number of hydrazone groups is 1. The van der Waals surface area contributed by atoms with Crippen molar-refractivity contribution in [1.82, 2.24) is 0 Å². The Balaban J connectivity index is 2.84. The third-order valence-electron chi connectivity index (χ3n) is 1.49. The molecule has 0 heterocycles. The van der Waals surface area contributed by atoms with Crippen molar-refractivity contribution >= 4 is 27.8 Å². The van der Waals surface area contributed by atoms with Gasteiger partial charge >= 0.3 is 0 Å². The van der Waals surface area contributed by atoms with Gasteiger partial charge in [-0.15, -0.1) is 6.42 Å². The van der Waals surface area contributed by atoms with Crippen molar-refractivity contribution in [3.63, 3.8) is 0 Å². The van der Waals surface area contributed by atoms with Crippen LogP contribution < -0.4 is 5.01 Å². The average molecular weight is 237 g/mol. The lowest BCUT2D eigenvalue weighted by molar-refractivity contribution is 1.02. The van der Waals surface area contributed by atoms with E-state index in [-0.39, 0.29) is 0 Å². The fraction of sp³-hybridized carbons (Fsp3) is 0.100. The van der Waals surface area contributed by atoms with E-state index in [4.69, 9.17) is 6.42 Å². The standard InChI is InChI=1S/C10H9BrN2/c1-3-7-12-13(2)10-6-4-5-9(11)8-10/h1,4-8H,2H3/b12-7-. The molecular formula is C10H9BrN2. The molecule has 0 radical (unpaired) electrons. The fourth-order valence-corrected chi connectivity index (χ4v) is 1.25. The third kappa shape index (κ3) is 2.92. The maximum Gasteiger partial charge on any atom is 0.0969 e. The largest absolute Gasteiger partial charge is 0.268 e. The van der Waals surface area contributed by atoms with Crippen LogP contribution in [0.3, 0.4) is 0 Å². The molecule has 0 aliphatic rings. The summed E-state index contributed by atoms with van der Waals surface area (Å²) in [5, 5.41) is 5.72. The highest BCUT2D eigenvalue weighted by atomic mass is 79.9. The van der Waals surface area contributed by atoms with Crippen LogP contribution in [0, 0.1) is 12.3 Å². The van der Waals surface area contributed by atoms with E-state index in [1.165, 1.54) is 6.21 Å². The molecule has 0 N–H and O–H groups in total. The minimum absolute atomic E-state index is 0.987. The second-order valence-electron chi connectivity index (χ2n) is 2.41. The summed E-state index contributed by atoms with van der Waals surface area (Å²) in [6.45, 7) is 0. The summed E-state index contributed by atoms with van der Waals surface area (Å²) in [4.78, 5) is 0. The zero-order valence-corrected chi connectivity index (χ0v) is 8.82. The maximum atomic E-state index is 5.05. The van der Waals surface area contributed by atoms with E-state index < -0.39 is 0 Å². The van der Waals surface area contributed by atoms with E-state index in [1.807, 2.05) is 31.3 Å². The first kappa shape index (κ1) is 9.82. The Morgan fingerprint density at radius 1 is 1.62 bits per heavy atom. The Hall–Kier alpha value is -1.27. The molecule has 2 nitrogen and oxygen atoms in total. The predicted octanol–water partition coefficient (Wildman–Crippen LogP) is 2.50. The second-order valence-corrected chi connectivity index (χ2v) is 3.33. The number of anilines is 1. The average Bonchev–Trinajstić information content (AvgIpc) is 2.14. The van der Waals surface area contributed by atoms with Gasteiger partial charge in [0.15, 0.2) is 0 Å². The minimum Gasteiger partial charge on any atom is -0.268 e. The number of terminal acetylenes is 1. The van der Waals surface area contributed by atoms with Crippen LogP contribution in [0.2, 0.25) is 0 Å². The van der Waals surface area contributed by atoms with Crippen molar-refractivity contribution in [2.24, 2.45) is 5.10 Å². The molecule has 0 unspecified atom stereocenters. The first-order valence-electron chi connectivity index (χ1n) is 3.72. The molecule has 0 saturated heterocycles. The molecule has 0 saturated carbocycles. The lowest BCUT2D eigenvalue weighted by atomic mass is 10.3. The van der Waals surface area contributed by atoms with Crippen molar-refractivity contribution in [2.75, 3.05) is 12.1 Å².